The summed E-state index contributed by atoms with van der Waals surface area (Å²) in [7, 11) is 0. The molecule has 1 rings (SSSR count). The number of aromatic nitrogens is 1. The molecule has 0 aliphatic rings. The quantitative estimate of drug-likeness (QED) is 0.536. The number of hydrogen-bond acceptors (Lipinski definition) is 2. The molecule has 0 radical (unpaired) electrons. The minimum atomic E-state index is 0.480. The van der Waals surface area contributed by atoms with E-state index in [-0.39, 0.29) is 0 Å². The molecular weight excluding hydrogens is 186 g/mol. The van der Waals surface area contributed by atoms with Gasteiger partial charge >= 0.3 is 0 Å². The third-order valence-electron chi connectivity index (χ3n) is 1.71. The van der Waals surface area contributed by atoms with Crippen molar-refractivity contribution in [2.24, 2.45) is 0 Å². The molecule has 0 amide bonds. The van der Waals surface area contributed by atoms with Crippen LogP contribution in [0.15, 0.2) is 18.3 Å². The number of hydrogen-bond donors (Lipinski definition) is 0. The molecule has 0 saturated carbocycles. The first-order chi connectivity index (χ1) is 6.33. The number of halogens is 1. The summed E-state index contributed by atoms with van der Waals surface area (Å²) >= 11 is 5.69. The second-order valence-corrected chi connectivity index (χ2v) is 3.26. The summed E-state index contributed by atoms with van der Waals surface area (Å²) in [6.45, 7) is 2.93. The second kappa shape index (κ2) is 5.81. The minimum absolute atomic E-state index is 0.480. The zero-order valence-corrected chi connectivity index (χ0v) is 8.55. The zero-order valence-electron chi connectivity index (χ0n) is 7.79. The summed E-state index contributed by atoms with van der Waals surface area (Å²) in [5.74, 6) is 0.802. The first-order valence-corrected chi connectivity index (χ1v) is 4.95. The van der Waals surface area contributed by atoms with Crippen molar-refractivity contribution < 1.29 is 4.74 Å². The minimum Gasteiger partial charge on any atom is -0.493 e. The van der Waals surface area contributed by atoms with E-state index in [9.17, 15) is 0 Å². The van der Waals surface area contributed by atoms with E-state index in [0.29, 0.717) is 5.15 Å². The first kappa shape index (κ1) is 10.3. The summed E-state index contributed by atoms with van der Waals surface area (Å²) in [6.07, 6.45) is 5.16. The van der Waals surface area contributed by atoms with Gasteiger partial charge in [-0.3, -0.25) is 0 Å². The molecule has 0 N–H and O–H groups in total. The van der Waals surface area contributed by atoms with E-state index < -0.39 is 0 Å². The number of rotatable bonds is 5. The summed E-state index contributed by atoms with van der Waals surface area (Å²) in [6, 6.07) is 3.55. The molecule has 0 fully saturated rings. The van der Waals surface area contributed by atoms with Gasteiger partial charge in [0.1, 0.15) is 10.9 Å². The van der Waals surface area contributed by atoms with Crippen LogP contribution in [0.2, 0.25) is 5.15 Å². The molecule has 2 nitrogen and oxygen atoms in total. The van der Waals surface area contributed by atoms with Crippen molar-refractivity contribution in [2.75, 3.05) is 6.61 Å². The molecule has 1 aromatic rings. The van der Waals surface area contributed by atoms with Crippen LogP contribution in [0.25, 0.3) is 0 Å². The highest BCUT2D eigenvalue weighted by molar-refractivity contribution is 6.29. The molecule has 0 unspecified atom stereocenters. The van der Waals surface area contributed by atoms with E-state index in [0.717, 1.165) is 18.8 Å². The average molecular weight is 200 g/mol. The third kappa shape index (κ3) is 4.13. The van der Waals surface area contributed by atoms with E-state index >= 15 is 0 Å². The van der Waals surface area contributed by atoms with Crippen LogP contribution in [0.5, 0.6) is 5.75 Å². The van der Waals surface area contributed by atoms with Crippen LogP contribution in [0.4, 0.5) is 0 Å². The predicted octanol–water partition coefficient (Wildman–Crippen LogP) is 3.30. The van der Waals surface area contributed by atoms with E-state index in [2.05, 4.69) is 11.9 Å². The monoisotopic (exact) mass is 199 g/mol. The number of unbranched alkanes of at least 4 members (excludes halogenated alkanes) is 2. The molecule has 1 heterocycles. The lowest BCUT2D eigenvalue weighted by Gasteiger charge is -2.04. The van der Waals surface area contributed by atoms with Crippen LogP contribution in [0.3, 0.4) is 0 Å². The Bertz CT molecular complexity index is 252. The van der Waals surface area contributed by atoms with Crippen molar-refractivity contribution >= 4 is 11.6 Å². The Morgan fingerprint density at radius 1 is 1.46 bits per heavy atom. The maximum absolute atomic E-state index is 5.69. The molecule has 72 valence electrons. The zero-order chi connectivity index (χ0) is 9.52. The predicted molar refractivity (Wildman–Crippen MR) is 54.3 cm³/mol. The third-order valence-corrected chi connectivity index (χ3v) is 1.92. The van der Waals surface area contributed by atoms with Gasteiger partial charge in [-0.05, 0) is 12.5 Å². The summed E-state index contributed by atoms with van der Waals surface area (Å²) in [5.41, 5.74) is 0. The lowest BCUT2D eigenvalue weighted by atomic mass is 10.3. The summed E-state index contributed by atoms with van der Waals surface area (Å²) < 4.78 is 5.46. The fourth-order valence-corrected chi connectivity index (χ4v) is 1.18. The van der Waals surface area contributed by atoms with Crippen molar-refractivity contribution in [3.8, 4) is 5.75 Å². The van der Waals surface area contributed by atoms with Gasteiger partial charge in [-0.2, -0.15) is 0 Å². The SMILES string of the molecule is CCCCCOc1ccnc(Cl)c1. The molecule has 0 bridgehead atoms. The molecule has 0 atom stereocenters. The fraction of sp³-hybridized carbons (Fsp3) is 0.500. The lowest BCUT2D eigenvalue weighted by molar-refractivity contribution is 0.306. The van der Waals surface area contributed by atoms with Crippen molar-refractivity contribution in [1.82, 2.24) is 4.98 Å². The van der Waals surface area contributed by atoms with Crippen molar-refractivity contribution in [1.29, 1.82) is 0 Å². The van der Waals surface area contributed by atoms with Gasteiger partial charge < -0.3 is 4.74 Å². The fourth-order valence-electron chi connectivity index (χ4n) is 1.02. The molecule has 13 heavy (non-hydrogen) atoms. The van der Waals surface area contributed by atoms with E-state index in [1.54, 1.807) is 12.3 Å². The van der Waals surface area contributed by atoms with Gasteiger partial charge in [0.25, 0.3) is 0 Å². The van der Waals surface area contributed by atoms with Gasteiger partial charge in [0.05, 0.1) is 6.61 Å². The van der Waals surface area contributed by atoms with Gasteiger partial charge in [0, 0.05) is 12.3 Å². The topological polar surface area (TPSA) is 22.1 Å². The maximum Gasteiger partial charge on any atom is 0.132 e. The Balaban J connectivity index is 2.28. The highest BCUT2D eigenvalue weighted by Gasteiger charge is 1.94. The molecular formula is C10H14ClNO. The highest BCUT2D eigenvalue weighted by atomic mass is 35.5. The van der Waals surface area contributed by atoms with Gasteiger partial charge in [0.2, 0.25) is 0 Å². The van der Waals surface area contributed by atoms with Gasteiger partial charge in [-0.25, -0.2) is 4.98 Å². The molecule has 1 aromatic heterocycles. The van der Waals surface area contributed by atoms with Crippen LogP contribution in [-0.2, 0) is 0 Å². The van der Waals surface area contributed by atoms with Crippen molar-refractivity contribution in [2.45, 2.75) is 26.2 Å². The second-order valence-electron chi connectivity index (χ2n) is 2.87. The molecule has 0 aliphatic heterocycles. The van der Waals surface area contributed by atoms with E-state index in [1.807, 2.05) is 6.07 Å². The Kier molecular flexibility index (Phi) is 4.61. The maximum atomic E-state index is 5.69. The van der Waals surface area contributed by atoms with Crippen molar-refractivity contribution in [3.63, 3.8) is 0 Å². The standard InChI is InChI=1S/C10H14ClNO/c1-2-3-4-7-13-9-5-6-12-10(11)8-9/h5-6,8H,2-4,7H2,1H3. The number of ether oxygens (including phenoxy) is 1. The van der Waals surface area contributed by atoms with Crippen molar-refractivity contribution in [3.05, 3.63) is 23.5 Å². The Labute approximate surface area is 83.9 Å². The largest absolute Gasteiger partial charge is 0.493 e. The smallest absolute Gasteiger partial charge is 0.132 e. The summed E-state index contributed by atoms with van der Waals surface area (Å²) in [5, 5.41) is 0.480. The number of pyridine rings is 1. The van der Waals surface area contributed by atoms with Crippen LogP contribution in [0, 0.1) is 0 Å². The highest BCUT2D eigenvalue weighted by Crippen LogP contribution is 2.14. The van der Waals surface area contributed by atoms with Gasteiger partial charge in [0.15, 0.2) is 0 Å². The first-order valence-electron chi connectivity index (χ1n) is 4.57. The van der Waals surface area contributed by atoms with E-state index in [4.69, 9.17) is 16.3 Å². The van der Waals surface area contributed by atoms with Crippen LogP contribution in [0.1, 0.15) is 26.2 Å². The van der Waals surface area contributed by atoms with Crippen LogP contribution < -0.4 is 4.74 Å². The number of nitrogens with zero attached hydrogens (tertiary/aromatic N) is 1. The molecule has 0 aromatic carbocycles. The molecule has 0 aliphatic carbocycles. The average Bonchev–Trinajstić information content (AvgIpc) is 2.13. The normalized spacial score (nSPS) is 10.0. The summed E-state index contributed by atoms with van der Waals surface area (Å²) in [4.78, 5) is 3.87. The molecule has 3 heteroatoms. The Morgan fingerprint density at radius 2 is 2.31 bits per heavy atom. The van der Waals surface area contributed by atoms with Crippen LogP contribution >= 0.6 is 11.6 Å². The van der Waals surface area contributed by atoms with Crippen LogP contribution in [-0.4, -0.2) is 11.6 Å². The van der Waals surface area contributed by atoms with Gasteiger partial charge in [-0.15, -0.1) is 0 Å². The molecule has 0 saturated heterocycles. The van der Waals surface area contributed by atoms with E-state index in [1.165, 1.54) is 12.8 Å². The van der Waals surface area contributed by atoms with Gasteiger partial charge in [-0.1, -0.05) is 31.4 Å². The Hall–Kier alpha value is -0.760. The lowest BCUT2D eigenvalue weighted by Crippen LogP contribution is -1.96. The molecule has 0 spiro atoms. The Morgan fingerprint density at radius 3 is 3.00 bits per heavy atom.